The Bertz CT molecular complexity index is 723. The van der Waals surface area contributed by atoms with Gasteiger partial charge in [-0.15, -0.1) is 0 Å². The molecule has 1 unspecified atom stereocenters. The maximum absolute atomic E-state index is 11.6. The number of esters is 1. The number of carbonyl (C=O) groups excluding carboxylic acids is 1. The van der Waals surface area contributed by atoms with Gasteiger partial charge in [-0.2, -0.15) is 4.98 Å². The number of hydrogen-bond acceptors (Lipinski definition) is 8. The minimum atomic E-state index is -0.216. The molecule has 0 radical (unpaired) electrons. The van der Waals surface area contributed by atoms with Gasteiger partial charge < -0.3 is 14.0 Å². The van der Waals surface area contributed by atoms with Crippen LogP contribution < -0.4 is 4.74 Å². The van der Waals surface area contributed by atoms with Gasteiger partial charge in [0, 0.05) is 31.7 Å². The van der Waals surface area contributed by atoms with Crippen molar-refractivity contribution in [2.45, 2.75) is 19.5 Å². The van der Waals surface area contributed by atoms with E-state index >= 15 is 0 Å². The standard InChI is InChI=1S/C18H24N4O4/c1-13(18(23)25-3)22-10-8-21(9-11-22)12-16-19-17(20-26-16)14-4-6-15(24-2)7-5-14/h4-7,13H,8-12H2,1-3H3. The molecule has 8 heteroatoms. The van der Waals surface area contributed by atoms with Gasteiger partial charge in [0.15, 0.2) is 0 Å². The highest BCUT2D eigenvalue weighted by atomic mass is 16.5. The van der Waals surface area contributed by atoms with E-state index < -0.39 is 0 Å². The molecule has 1 aromatic heterocycles. The molecule has 1 atom stereocenters. The molecule has 140 valence electrons. The van der Waals surface area contributed by atoms with E-state index in [1.54, 1.807) is 7.11 Å². The quantitative estimate of drug-likeness (QED) is 0.716. The molecule has 1 saturated heterocycles. The largest absolute Gasteiger partial charge is 0.497 e. The summed E-state index contributed by atoms with van der Waals surface area (Å²) in [7, 11) is 3.05. The van der Waals surface area contributed by atoms with Crippen LogP contribution in [0.3, 0.4) is 0 Å². The number of hydrogen-bond donors (Lipinski definition) is 0. The first-order valence-corrected chi connectivity index (χ1v) is 8.62. The highest BCUT2D eigenvalue weighted by Gasteiger charge is 2.26. The second-order valence-electron chi connectivity index (χ2n) is 6.25. The van der Waals surface area contributed by atoms with E-state index in [9.17, 15) is 4.79 Å². The van der Waals surface area contributed by atoms with Gasteiger partial charge in [-0.05, 0) is 31.2 Å². The maximum atomic E-state index is 11.6. The predicted octanol–water partition coefficient (Wildman–Crippen LogP) is 1.42. The van der Waals surface area contributed by atoms with Gasteiger partial charge in [0.25, 0.3) is 0 Å². The molecule has 2 aromatic rings. The summed E-state index contributed by atoms with van der Waals surface area (Å²) in [4.78, 5) is 20.5. The lowest BCUT2D eigenvalue weighted by molar-refractivity contribution is -0.147. The molecule has 2 heterocycles. The van der Waals surface area contributed by atoms with E-state index in [4.69, 9.17) is 14.0 Å². The van der Waals surface area contributed by atoms with Gasteiger partial charge in [-0.1, -0.05) is 5.16 Å². The Hall–Kier alpha value is -2.45. The van der Waals surface area contributed by atoms with Gasteiger partial charge >= 0.3 is 5.97 Å². The Kier molecular flexibility index (Phi) is 5.85. The van der Waals surface area contributed by atoms with E-state index in [2.05, 4.69) is 19.9 Å². The molecule has 1 fully saturated rings. The number of piperazine rings is 1. The Morgan fingerprint density at radius 2 is 1.88 bits per heavy atom. The fourth-order valence-corrected chi connectivity index (χ4v) is 3.00. The lowest BCUT2D eigenvalue weighted by atomic mass is 10.2. The zero-order chi connectivity index (χ0) is 18.5. The number of methoxy groups -OCH3 is 2. The lowest BCUT2D eigenvalue weighted by Gasteiger charge is -2.36. The van der Waals surface area contributed by atoms with Gasteiger partial charge in [0.05, 0.1) is 20.8 Å². The van der Waals surface area contributed by atoms with Gasteiger partial charge in [0.2, 0.25) is 11.7 Å². The summed E-state index contributed by atoms with van der Waals surface area (Å²) in [6.07, 6.45) is 0. The van der Waals surface area contributed by atoms with Crippen LogP contribution >= 0.6 is 0 Å². The highest BCUT2D eigenvalue weighted by Crippen LogP contribution is 2.20. The Morgan fingerprint density at radius 1 is 1.19 bits per heavy atom. The highest BCUT2D eigenvalue weighted by molar-refractivity contribution is 5.75. The Morgan fingerprint density at radius 3 is 2.50 bits per heavy atom. The topological polar surface area (TPSA) is 80.9 Å². The summed E-state index contributed by atoms with van der Waals surface area (Å²) in [5, 5.41) is 4.06. The fourth-order valence-electron chi connectivity index (χ4n) is 3.00. The molecular formula is C18H24N4O4. The molecule has 0 N–H and O–H groups in total. The molecule has 0 aliphatic carbocycles. The average Bonchev–Trinajstić information content (AvgIpc) is 3.16. The van der Waals surface area contributed by atoms with Crippen molar-refractivity contribution >= 4 is 5.97 Å². The van der Waals surface area contributed by atoms with Gasteiger partial charge in [-0.3, -0.25) is 14.6 Å². The van der Waals surface area contributed by atoms with Crippen LogP contribution in [0.2, 0.25) is 0 Å². The van der Waals surface area contributed by atoms with Crippen molar-refractivity contribution in [3.8, 4) is 17.1 Å². The predicted molar refractivity (Wildman–Crippen MR) is 94.6 cm³/mol. The van der Waals surface area contributed by atoms with Crippen LogP contribution in [0.25, 0.3) is 11.4 Å². The van der Waals surface area contributed by atoms with Crippen molar-refractivity contribution in [3.63, 3.8) is 0 Å². The molecule has 8 nitrogen and oxygen atoms in total. The Labute approximate surface area is 152 Å². The smallest absolute Gasteiger partial charge is 0.322 e. The number of carbonyl (C=O) groups is 1. The SMILES string of the molecule is COC(=O)C(C)N1CCN(Cc2nc(-c3ccc(OC)cc3)no2)CC1. The number of ether oxygens (including phenoxy) is 2. The summed E-state index contributed by atoms with van der Waals surface area (Å²) < 4.78 is 15.4. The third-order valence-electron chi connectivity index (χ3n) is 4.67. The third-order valence-corrected chi connectivity index (χ3v) is 4.67. The van der Waals surface area contributed by atoms with E-state index in [0.717, 1.165) is 37.5 Å². The van der Waals surface area contributed by atoms with E-state index in [1.165, 1.54) is 7.11 Å². The number of nitrogens with zero attached hydrogens (tertiary/aromatic N) is 4. The van der Waals surface area contributed by atoms with Gasteiger partial charge in [0.1, 0.15) is 11.8 Å². The molecule has 1 aliphatic heterocycles. The van der Waals surface area contributed by atoms with Crippen LogP contribution in [0.15, 0.2) is 28.8 Å². The van der Waals surface area contributed by atoms with Crippen LogP contribution in [-0.2, 0) is 16.1 Å². The van der Waals surface area contributed by atoms with Crippen molar-refractivity contribution in [1.29, 1.82) is 0 Å². The maximum Gasteiger partial charge on any atom is 0.322 e. The third kappa shape index (κ3) is 4.20. The van der Waals surface area contributed by atoms with Crippen molar-refractivity contribution in [2.75, 3.05) is 40.4 Å². The first-order valence-electron chi connectivity index (χ1n) is 8.62. The zero-order valence-corrected chi connectivity index (χ0v) is 15.3. The zero-order valence-electron chi connectivity index (χ0n) is 15.3. The van der Waals surface area contributed by atoms with Crippen molar-refractivity contribution in [1.82, 2.24) is 19.9 Å². The molecule has 1 aromatic carbocycles. The van der Waals surface area contributed by atoms with Crippen LogP contribution in [-0.4, -0.2) is 72.4 Å². The molecular weight excluding hydrogens is 336 g/mol. The normalized spacial score (nSPS) is 17.0. The number of rotatable bonds is 6. The molecule has 0 saturated carbocycles. The molecule has 0 amide bonds. The minimum absolute atomic E-state index is 0.195. The lowest BCUT2D eigenvalue weighted by Crippen LogP contribution is -2.51. The molecule has 1 aliphatic rings. The minimum Gasteiger partial charge on any atom is -0.497 e. The molecule has 0 spiro atoms. The summed E-state index contributed by atoms with van der Waals surface area (Å²) in [6, 6.07) is 7.33. The fraction of sp³-hybridized carbons (Fsp3) is 0.500. The van der Waals surface area contributed by atoms with E-state index in [0.29, 0.717) is 18.3 Å². The van der Waals surface area contributed by atoms with Crippen LogP contribution in [0.5, 0.6) is 5.75 Å². The monoisotopic (exact) mass is 360 g/mol. The van der Waals surface area contributed by atoms with E-state index in [1.807, 2.05) is 31.2 Å². The first kappa shape index (κ1) is 18.3. The van der Waals surface area contributed by atoms with Crippen LogP contribution in [0, 0.1) is 0 Å². The van der Waals surface area contributed by atoms with Crippen molar-refractivity contribution in [2.24, 2.45) is 0 Å². The van der Waals surface area contributed by atoms with Crippen LogP contribution in [0.1, 0.15) is 12.8 Å². The molecule has 3 rings (SSSR count). The second-order valence-corrected chi connectivity index (χ2v) is 6.25. The first-order chi connectivity index (χ1) is 12.6. The Balaban J connectivity index is 1.54. The molecule has 0 bridgehead atoms. The summed E-state index contributed by atoms with van der Waals surface area (Å²) in [5.74, 6) is 1.75. The van der Waals surface area contributed by atoms with E-state index in [-0.39, 0.29) is 12.0 Å². The molecule has 26 heavy (non-hydrogen) atoms. The number of benzene rings is 1. The van der Waals surface area contributed by atoms with Gasteiger partial charge in [-0.25, -0.2) is 0 Å². The summed E-state index contributed by atoms with van der Waals surface area (Å²) in [6.45, 7) is 5.75. The van der Waals surface area contributed by atoms with Crippen molar-refractivity contribution < 1.29 is 18.8 Å². The summed E-state index contributed by atoms with van der Waals surface area (Å²) >= 11 is 0. The van der Waals surface area contributed by atoms with Crippen LogP contribution in [0.4, 0.5) is 0 Å². The number of aromatic nitrogens is 2. The second kappa shape index (κ2) is 8.29. The average molecular weight is 360 g/mol. The summed E-state index contributed by atoms with van der Waals surface area (Å²) in [5.41, 5.74) is 0.887. The van der Waals surface area contributed by atoms with Crippen molar-refractivity contribution in [3.05, 3.63) is 30.2 Å².